The Morgan fingerprint density at radius 2 is 1.74 bits per heavy atom. The van der Waals surface area contributed by atoms with Crippen LogP contribution in [0.3, 0.4) is 0 Å². The van der Waals surface area contributed by atoms with Gasteiger partial charge in [-0.15, -0.1) is 0 Å². The summed E-state index contributed by atoms with van der Waals surface area (Å²) in [5, 5.41) is 0.504. The molecule has 0 aliphatic carbocycles. The Hall–Kier alpha value is -2.07. The van der Waals surface area contributed by atoms with Crippen molar-refractivity contribution in [1.29, 1.82) is 0 Å². The van der Waals surface area contributed by atoms with E-state index in [-0.39, 0.29) is 16.5 Å². The summed E-state index contributed by atoms with van der Waals surface area (Å²) in [6.07, 6.45) is 0. The van der Waals surface area contributed by atoms with Gasteiger partial charge >= 0.3 is 0 Å². The van der Waals surface area contributed by atoms with Gasteiger partial charge in [0.2, 0.25) is 0 Å². The Balaban J connectivity index is 2.27. The molecule has 0 saturated carbocycles. The molecule has 1 aromatic heterocycles. The Morgan fingerprint density at radius 3 is 2.53 bits per heavy atom. The zero-order valence-corrected chi connectivity index (χ0v) is 10.3. The van der Waals surface area contributed by atoms with Crippen LogP contribution in [0.25, 0.3) is 22.3 Å². The molecule has 3 aromatic rings. The van der Waals surface area contributed by atoms with Gasteiger partial charge in [-0.2, -0.15) is 0 Å². The largest absolute Gasteiger partial charge is 0.228 e. The number of hydrogen-bond acceptors (Lipinski definition) is 2. The third-order valence-electron chi connectivity index (χ3n) is 2.73. The second-order valence-electron chi connectivity index (χ2n) is 3.98. The van der Waals surface area contributed by atoms with Crippen molar-refractivity contribution in [3.05, 3.63) is 59.3 Å². The first-order valence-electron chi connectivity index (χ1n) is 5.53. The number of nitrogens with zero attached hydrogens (tertiary/aromatic N) is 2. The van der Waals surface area contributed by atoms with Crippen molar-refractivity contribution in [3.8, 4) is 11.4 Å². The molecule has 1 heterocycles. The number of halogens is 3. The third kappa shape index (κ3) is 2.15. The second-order valence-corrected chi connectivity index (χ2v) is 4.34. The molecular formula is C14H7ClF2N2. The van der Waals surface area contributed by atoms with Crippen molar-refractivity contribution in [1.82, 2.24) is 9.97 Å². The van der Waals surface area contributed by atoms with Crippen LogP contribution in [0.1, 0.15) is 0 Å². The summed E-state index contributed by atoms with van der Waals surface area (Å²) in [5.74, 6) is -0.668. The number of aromatic nitrogens is 2. The van der Waals surface area contributed by atoms with E-state index >= 15 is 0 Å². The van der Waals surface area contributed by atoms with Gasteiger partial charge in [0.1, 0.15) is 16.8 Å². The molecule has 0 aliphatic rings. The van der Waals surface area contributed by atoms with Crippen LogP contribution < -0.4 is 0 Å². The molecule has 0 atom stereocenters. The Labute approximate surface area is 112 Å². The summed E-state index contributed by atoms with van der Waals surface area (Å²) < 4.78 is 26.8. The molecule has 0 unspecified atom stereocenters. The van der Waals surface area contributed by atoms with Gasteiger partial charge in [0, 0.05) is 5.39 Å². The predicted molar refractivity (Wildman–Crippen MR) is 69.9 cm³/mol. The van der Waals surface area contributed by atoms with Crippen molar-refractivity contribution < 1.29 is 8.78 Å². The highest BCUT2D eigenvalue weighted by Crippen LogP contribution is 2.26. The molecular weight excluding hydrogens is 270 g/mol. The van der Waals surface area contributed by atoms with E-state index in [0.717, 1.165) is 0 Å². The first kappa shape index (κ1) is 12.0. The molecule has 19 heavy (non-hydrogen) atoms. The van der Waals surface area contributed by atoms with Crippen LogP contribution in [0.2, 0.25) is 5.15 Å². The summed E-state index contributed by atoms with van der Waals surface area (Å²) in [5.41, 5.74) is 0.732. The van der Waals surface area contributed by atoms with E-state index in [0.29, 0.717) is 10.9 Å². The van der Waals surface area contributed by atoms with E-state index in [1.165, 1.54) is 24.3 Å². The van der Waals surface area contributed by atoms with Crippen molar-refractivity contribution in [2.75, 3.05) is 0 Å². The molecule has 0 aliphatic heterocycles. The number of benzene rings is 2. The van der Waals surface area contributed by atoms with Crippen LogP contribution in [-0.2, 0) is 0 Å². The minimum absolute atomic E-state index is 0.0998. The third-order valence-corrected chi connectivity index (χ3v) is 3.01. The molecule has 3 rings (SSSR count). The van der Waals surface area contributed by atoms with Crippen LogP contribution >= 0.6 is 11.6 Å². The number of fused-ring (bicyclic) bond motifs is 1. The minimum Gasteiger partial charge on any atom is -0.228 e. The van der Waals surface area contributed by atoms with E-state index in [1.54, 1.807) is 18.2 Å². The van der Waals surface area contributed by atoms with Crippen LogP contribution in [0.5, 0.6) is 0 Å². The quantitative estimate of drug-likeness (QED) is 0.622. The second kappa shape index (κ2) is 4.55. The fourth-order valence-corrected chi connectivity index (χ4v) is 2.06. The average molecular weight is 277 g/mol. The van der Waals surface area contributed by atoms with Crippen LogP contribution in [0.15, 0.2) is 42.5 Å². The molecule has 0 amide bonds. The standard InChI is InChI=1S/C14H7ClF2N2/c15-13-10-7-8(16)5-6-12(10)18-14(19-13)9-3-1-2-4-11(9)17/h1-7H. The van der Waals surface area contributed by atoms with Gasteiger partial charge in [-0.25, -0.2) is 18.7 Å². The lowest BCUT2D eigenvalue weighted by atomic mass is 10.2. The van der Waals surface area contributed by atoms with Crippen LogP contribution in [-0.4, -0.2) is 9.97 Å². The highest BCUT2D eigenvalue weighted by Gasteiger charge is 2.11. The van der Waals surface area contributed by atoms with Gasteiger partial charge in [-0.1, -0.05) is 23.7 Å². The molecule has 2 aromatic carbocycles. The Kier molecular flexibility index (Phi) is 2.87. The topological polar surface area (TPSA) is 25.8 Å². The monoisotopic (exact) mass is 276 g/mol. The number of hydrogen-bond donors (Lipinski definition) is 0. The zero-order chi connectivity index (χ0) is 13.4. The van der Waals surface area contributed by atoms with E-state index in [2.05, 4.69) is 9.97 Å². The molecule has 0 spiro atoms. The fraction of sp³-hybridized carbons (Fsp3) is 0. The summed E-state index contributed by atoms with van der Waals surface area (Å²) >= 11 is 6.00. The normalized spacial score (nSPS) is 10.9. The lowest BCUT2D eigenvalue weighted by Crippen LogP contribution is -1.94. The van der Waals surface area contributed by atoms with Gasteiger partial charge in [0.25, 0.3) is 0 Å². The van der Waals surface area contributed by atoms with Gasteiger partial charge in [-0.05, 0) is 30.3 Å². The molecule has 5 heteroatoms. The van der Waals surface area contributed by atoms with E-state index in [1.807, 2.05) is 0 Å². The molecule has 0 radical (unpaired) electrons. The van der Waals surface area contributed by atoms with Crippen molar-refractivity contribution in [3.63, 3.8) is 0 Å². The summed E-state index contributed by atoms with van der Waals surface area (Å²) in [6.45, 7) is 0. The molecule has 0 N–H and O–H groups in total. The highest BCUT2D eigenvalue weighted by molar-refractivity contribution is 6.34. The first-order chi connectivity index (χ1) is 9.15. The maximum atomic E-state index is 13.7. The van der Waals surface area contributed by atoms with Gasteiger partial charge in [0.05, 0.1) is 11.1 Å². The molecule has 0 bridgehead atoms. The predicted octanol–water partition coefficient (Wildman–Crippen LogP) is 4.23. The average Bonchev–Trinajstić information content (AvgIpc) is 2.40. The maximum Gasteiger partial charge on any atom is 0.164 e. The summed E-state index contributed by atoms with van der Waals surface area (Å²) in [6, 6.07) is 10.2. The van der Waals surface area contributed by atoms with Crippen LogP contribution in [0.4, 0.5) is 8.78 Å². The molecule has 94 valence electrons. The van der Waals surface area contributed by atoms with E-state index in [9.17, 15) is 8.78 Å². The van der Waals surface area contributed by atoms with Gasteiger partial charge in [-0.3, -0.25) is 0 Å². The smallest absolute Gasteiger partial charge is 0.164 e. The van der Waals surface area contributed by atoms with Crippen molar-refractivity contribution >= 4 is 22.5 Å². The summed E-state index contributed by atoms with van der Waals surface area (Å²) in [4.78, 5) is 8.23. The maximum absolute atomic E-state index is 13.7. The van der Waals surface area contributed by atoms with Crippen molar-refractivity contribution in [2.45, 2.75) is 0 Å². The van der Waals surface area contributed by atoms with Gasteiger partial charge < -0.3 is 0 Å². The summed E-state index contributed by atoms with van der Waals surface area (Å²) in [7, 11) is 0. The van der Waals surface area contributed by atoms with E-state index in [4.69, 9.17) is 11.6 Å². The van der Waals surface area contributed by atoms with Crippen LogP contribution in [0, 0.1) is 11.6 Å². The Morgan fingerprint density at radius 1 is 0.947 bits per heavy atom. The molecule has 0 saturated heterocycles. The van der Waals surface area contributed by atoms with Crippen molar-refractivity contribution in [2.24, 2.45) is 0 Å². The fourth-order valence-electron chi connectivity index (χ4n) is 1.83. The zero-order valence-electron chi connectivity index (χ0n) is 9.57. The SMILES string of the molecule is Fc1ccc2nc(-c3ccccc3F)nc(Cl)c2c1. The lowest BCUT2D eigenvalue weighted by Gasteiger charge is -2.05. The lowest BCUT2D eigenvalue weighted by molar-refractivity contribution is 0.628. The first-order valence-corrected chi connectivity index (χ1v) is 5.90. The Bertz CT molecular complexity index is 774. The minimum atomic E-state index is -0.431. The molecule has 2 nitrogen and oxygen atoms in total. The van der Waals surface area contributed by atoms with Gasteiger partial charge in [0.15, 0.2) is 5.82 Å². The highest BCUT2D eigenvalue weighted by atomic mass is 35.5. The molecule has 0 fully saturated rings. The number of rotatable bonds is 1. The van der Waals surface area contributed by atoms with E-state index < -0.39 is 11.6 Å².